The summed E-state index contributed by atoms with van der Waals surface area (Å²) in [6.45, 7) is 3.56. The summed E-state index contributed by atoms with van der Waals surface area (Å²) in [4.78, 5) is -0.0276. The van der Waals surface area contributed by atoms with E-state index >= 15 is 0 Å². The van der Waals surface area contributed by atoms with Crippen LogP contribution >= 0.6 is 12.2 Å². The van der Waals surface area contributed by atoms with E-state index in [-0.39, 0.29) is 4.99 Å². The minimum atomic E-state index is -3.62. The highest BCUT2D eigenvalue weighted by Crippen LogP contribution is 2.23. The molecule has 0 amide bonds. The van der Waals surface area contributed by atoms with E-state index in [4.69, 9.17) is 22.7 Å². The molecule has 0 fully saturated rings. The second-order valence-electron chi connectivity index (χ2n) is 4.13. The lowest BCUT2D eigenvalue weighted by Gasteiger charge is -2.16. The van der Waals surface area contributed by atoms with E-state index in [1.54, 1.807) is 32.2 Å². The molecule has 0 aliphatic heterocycles. The van der Waals surface area contributed by atoms with Gasteiger partial charge in [-0.3, -0.25) is 4.72 Å². The molecule has 7 heteroatoms. The smallest absolute Gasteiger partial charge is 0.242 e. The van der Waals surface area contributed by atoms with Crippen molar-refractivity contribution in [1.82, 2.24) is 0 Å². The molecule has 0 saturated carbocycles. The molecule has 0 heterocycles. The molecular weight excluding hydrogens is 284 g/mol. The molecule has 106 valence electrons. The van der Waals surface area contributed by atoms with E-state index in [0.29, 0.717) is 17.9 Å². The zero-order valence-corrected chi connectivity index (χ0v) is 12.8. The first-order valence-corrected chi connectivity index (χ1v) is 7.72. The predicted molar refractivity (Wildman–Crippen MR) is 81.1 cm³/mol. The van der Waals surface area contributed by atoms with Gasteiger partial charge in [-0.2, -0.15) is 0 Å². The maximum atomic E-state index is 12.1. The van der Waals surface area contributed by atoms with E-state index in [2.05, 4.69) is 4.72 Å². The maximum absolute atomic E-state index is 12.1. The molecule has 0 aliphatic rings. The Balaban J connectivity index is 3.01. The Morgan fingerprint density at radius 3 is 2.58 bits per heavy atom. The van der Waals surface area contributed by atoms with Crippen LogP contribution in [0.3, 0.4) is 0 Å². The van der Waals surface area contributed by atoms with E-state index in [0.717, 1.165) is 5.56 Å². The van der Waals surface area contributed by atoms with Crippen LogP contribution in [0.25, 0.3) is 0 Å². The number of sulfonamides is 1. The van der Waals surface area contributed by atoms with Crippen LogP contribution in [0.1, 0.15) is 18.9 Å². The summed E-state index contributed by atoms with van der Waals surface area (Å²) in [5, 5.41) is -0.870. The van der Waals surface area contributed by atoms with Crippen LogP contribution in [0.4, 0.5) is 5.69 Å². The summed E-state index contributed by atoms with van der Waals surface area (Å²) in [5.74, 6) is 0.698. The maximum Gasteiger partial charge on any atom is 0.242 e. The van der Waals surface area contributed by atoms with Gasteiger partial charge in [-0.05, 0) is 37.1 Å². The van der Waals surface area contributed by atoms with Crippen LogP contribution in [0.5, 0.6) is 5.75 Å². The summed E-state index contributed by atoms with van der Waals surface area (Å²) >= 11 is 4.78. The zero-order chi connectivity index (χ0) is 14.6. The molecule has 0 aromatic heterocycles. The van der Waals surface area contributed by atoms with Gasteiger partial charge in [0.1, 0.15) is 11.0 Å². The first-order chi connectivity index (χ1) is 8.81. The van der Waals surface area contributed by atoms with Crippen LogP contribution in [0.2, 0.25) is 0 Å². The number of benzene rings is 1. The number of rotatable bonds is 6. The van der Waals surface area contributed by atoms with E-state index in [1.165, 1.54) is 0 Å². The standard InChI is InChI=1S/C12H18N2O3S2/c1-4-11(12(13)18)19(15,16)14-9-5-6-10(17-3)8(2)7-9/h5-7,11,14H,4H2,1-3H3,(H2,13,18). The van der Waals surface area contributed by atoms with Crippen LogP contribution in [-0.2, 0) is 10.0 Å². The first-order valence-electron chi connectivity index (χ1n) is 5.77. The van der Waals surface area contributed by atoms with Gasteiger partial charge >= 0.3 is 0 Å². The van der Waals surface area contributed by atoms with Gasteiger partial charge in [-0.25, -0.2) is 8.42 Å². The lowest BCUT2D eigenvalue weighted by Crippen LogP contribution is -2.37. The van der Waals surface area contributed by atoms with Crippen LogP contribution in [-0.4, -0.2) is 25.8 Å². The van der Waals surface area contributed by atoms with Gasteiger partial charge in [0.05, 0.1) is 12.1 Å². The highest BCUT2D eigenvalue weighted by Gasteiger charge is 2.26. The number of nitrogens with two attached hydrogens (primary N) is 1. The normalized spacial score (nSPS) is 12.8. The highest BCUT2D eigenvalue weighted by atomic mass is 32.2. The highest BCUT2D eigenvalue weighted by molar-refractivity contribution is 7.95. The Morgan fingerprint density at radius 1 is 1.53 bits per heavy atom. The SMILES string of the molecule is CCC(C(N)=S)S(=O)(=O)Nc1ccc(OC)c(C)c1. The van der Waals surface area contributed by atoms with Crippen molar-refractivity contribution in [2.75, 3.05) is 11.8 Å². The quantitative estimate of drug-likeness (QED) is 0.783. The van der Waals surface area contributed by atoms with Gasteiger partial charge in [-0.1, -0.05) is 19.1 Å². The van der Waals surface area contributed by atoms with Gasteiger partial charge in [-0.15, -0.1) is 0 Å². The van der Waals surface area contributed by atoms with E-state index in [9.17, 15) is 8.42 Å². The number of thiocarbonyl (C=S) groups is 1. The molecule has 1 atom stereocenters. The fourth-order valence-electron chi connectivity index (χ4n) is 1.75. The molecule has 1 aromatic rings. The second kappa shape index (κ2) is 6.21. The minimum absolute atomic E-state index is 0.0276. The molecule has 1 rings (SSSR count). The Hall–Kier alpha value is -1.34. The molecule has 0 aliphatic carbocycles. The molecule has 0 bridgehead atoms. The number of anilines is 1. The van der Waals surface area contributed by atoms with E-state index < -0.39 is 15.3 Å². The van der Waals surface area contributed by atoms with Crippen LogP contribution in [0.15, 0.2) is 18.2 Å². The Bertz CT molecular complexity index is 570. The molecule has 0 spiro atoms. The van der Waals surface area contributed by atoms with Crippen LogP contribution in [0, 0.1) is 6.92 Å². The molecule has 19 heavy (non-hydrogen) atoms. The molecule has 3 N–H and O–H groups in total. The lowest BCUT2D eigenvalue weighted by molar-refractivity contribution is 0.412. The van der Waals surface area contributed by atoms with Gasteiger partial charge in [0.25, 0.3) is 0 Å². The number of hydrogen-bond acceptors (Lipinski definition) is 4. The fraction of sp³-hybridized carbons (Fsp3) is 0.417. The van der Waals surface area contributed by atoms with Crippen molar-refractivity contribution < 1.29 is 13.2 Å². The Morgan fingerprint density at radius 2 is 2.16 bits per heavy atom. The number of ether oxygens (including phenoxy) is 1. The predicted octanol–water partition coefficient (Wildman–Crippen LogP) is 1.81. The van der Waals surface area contributed by atoms with Gasteiger partial charge < -0.3 is 10.5 Å². The monoisotopic (exact) mass is 302 g/mol. The molecule has 1 aromatic carbocycles. The summed E-state index contributed by atoms with van der Waals surface area (Å²) in [7, 11) is -2.06. The van der Waals surface area contributed by atoms with Crippen molar-refractivity contribution in [2.24, 2.45) is 5.73 Å². The Kier molecular flexibility index (Phi) is 5.13. The zero-order valence-electron chi connectivity index (χ0n) is 11.1. The second-order valence-corrected chi connectivity index (χ2v) is 6.47. The fourth-order valence-corrected chi connectivity index (χ4v) is 3.64. The molecular formula is C12H18N2O3S2. The number of aryl methyl sites for hydroxylation is 1. The van der Waals surface area contributed by atoms with Crippen LogP contribution < -0.4 is 15.2 Å². The number of methoxy groups -OCH3 is 1. The van der Waals surface area contributed by atoms with Crippen molar-refractivity contribution in [3.8, 4) is 5.75 Å². The molecule has 0 saturated heterocycles. The first kappa shape index (κ1) is 15.7. The third-order valence-corrected chi connectivity index (χ3v) is 5.01. The largest absolute Gasteiger partial charge is 0.496 e. The van der Waals surface area contributed by atoms with Gasteiger partial charge in [0, 0.05) is 5.69 Å². The summed E-state index contributed by atoms with van der Waals surface area (Å²) < 4.78 is 31.9. The van der Waals surface area contributed by atoms with E-state index in [1.807, 2.05) is 6.92 Å². The molecule has 0 radical (unpaired) electrons. The average molecular weight is 302 g/mol. The lowest BCUT2D eigenvalue weighted by atomic mass is 10.2. The van der Waals surface area contributed by atoms with Gasteiger partial charge in [0.2, 0.25) is 10.0 Å². The molecule has 1 unspecified atom stereocenters. The molecule has 5 nitrogen and oxygen atoms in total. The third-order valence-electron chi connectivity index (χ3n) is 2.72. The van der Waals surface area contributed by atoms with Crippen molar-refractivity contribution >= 4 is 32.9 Å². The summed E-state index contributed by atoms with van der Waals surface area (Å²) in [5.41, 5.74) is 6.76. The van der Waals surface area contributed by atoms with Crippen molar-refractivity contribution in [1.29, 1.82) is 0 Å². The average Bonchev–Trinajstić information content (AvgIpc) is 2.28. The van der Waals surface area contributed by atoms with Crippen molar-refractivity contribution in [3.63, 3.8) is 0 Å². The van der Waals surface area contributed by atoms with Crippen molar-refractivity contribution in [3.05, 3.63) is 23.8 Å². The topological polar surface area (TPSA) is 81.4 Å². The number of nitrogens with one attached hydrogen (secondary N) is 1. The minimum Gasteiger partial charge on any atom is -0.496 e. The summed E-state index contributed by atoms with van der Waals surface area (Å²) in [6, 6.07) is 5.03. The Labute approximate surface area is 119 Å². The number of hydrogen-bond donors (Lipinski definition) is 2. The third kappa shape index (κ3) is 3.81. The van der Waals surface area contributed by atoms with Gasteiger partial charge in [0.15, 0.2) is 0 Å². The van der Waals surface area contributed by atoms with Crippen molar-refractivity contribution in [2.45, 2.75) is 25.5 Å². The summed E-state index contributed by atoms with van der Waals surface area (Å²) in [6.07, 6.45) is 0.333.